The Balaban J connectivity index is -0.000000150. The van der Waals surface area contributed by atoms with Crippen LogP contribution in [0, 0.1) is 0 Å². The predicted molar refractivity (Wildman–Crippen MR) is 41.0 cm³/mol. The molecule has 0 aromatic rings. The van der Waals surface area contributed by atoms with Crippen molar-refractivity contribution >= 4 is 33.2 Å². The summed E-state index contributed by atoms with van der Waals surface area (Å²) in [5.74, 6) is -5.98. The minimum absolute atomic E-state index is 0. The smallest absolute Gasteiger partial charge is 0.672 e. The Hall–Kier alpha value is -2.22. The molecule has 0 aliphatic rings. The molecular formula is C7H5FeO13Si-5. The van der Waals surface area contributed by atoms with E-state index in [1.54, 1.807) is 0 Å². The fourth-order valence-electron chi connectivity index (χ4n) is 0.684. The first kappa shape index (κ1) is 28.0. The fourth-order valence-corrected chi connectivity index (χ4v) is 0.684. The maximum Gasteiger partial charge on any atom is 2.00 e. The van der Waals surface area contributed by atoms with E-state index in [9.17, 15) is 29.7 Å². The topological polar surface area (TPSA) is 267 Å². The summed E-state index contributed by atoms with van der Waals surface area (Å²) in [5, 5.41) is 55.6. The molecule has 15 heteroatoms. The summed E-state index contributed by atoms with van der Waals surface area (Å²) in [5.41, 5.74) is -2.97. The van der Waals surface area contributed by atoms with Crippen LogP contribution >= 0.6 is 0 Å². The average Bonchev–Trinajstić information content (AvgIpc) is 2.11. The number of carboxylic acid groups (broad SMARTS) is 5. The molecule has 0 aromatic carbocycles. The van der Waals surface area contributed by atoms with Gasteiger partial charge in [-0.25, -0.2) is 0 Å². The van der Waals surface area contributed by atoms with Crippen LogP contribution in [0.3, 0.4) is 0 Å². The van der Waals surface area contributed by atoms with Crippen LogP contribution in [0.4, 0.5) is 4.79 Å². The van der Waals surface area contributed by atoms with Crippen molar-refractivity contribution in [2.24, 2.45) is 0 Å². The number of hydrogen-bond acceptors (Lipinski definition) is 13. The summed E-state index contributed by atoms with van der Waals surface area (Å²) in [6, 6.07) is 0. The number of hydrogen-bond donors (Lipinski definition) is 1. The third kappa shape index (κ3) is 26.4. The van der Waals surface area contributed by atoms with E-state index in [1.165, 1.54) is 0 Å². The van der Waals surface area contributed by atoms with Crippen LogP contribution < -0.4 is 35.1 Å². The van der Waals surface area contributed by atoms with E-state index in [-0.39, 0.29) is 17.1 Å². The van der Waals surface area contributed by atoms with Gasteiger partial charge in [0.2, 0.25) is 0 Å². The average molecular weight is 381 g/mol. The van der Waals surface area contributed by atoms with Crippen molar-refractivity contribution in [3.05, 3.63) is 0 Å². The minimum Gasteiger partial charge on any atom is -0.672 e. The zero-order valence-electron chi connectivity index (χ0n) is 10.1. The van der Waals surface area contributed by atoms with Crippen LogP contribution in [-0.4, -0.2) is 43.9 Å². The van der Waals surface area contributed by atoms with Gasteiger partial charge in [0, 0.05) is 34.0 Å². The SMILES string of the molecule is O=C([O-])CC(O)(CC(=O)[O-])C(=O)[O-].O=C([O-])[O-].O=[Si]([O-])[O-].[Fe+2]. The van der Waals surface area contributed by atoms with Gasteiger partial charge in [0.25, 0.3) is 0 Å². The summed E-state index contributed by atoms with van der Waals surface area (Å²) in [4.78, 5) is 55.4. The molecule has 0 saturated carbocycles. The van der Waals surface area contributed by atoms with E-state index < -0.39 is 51.7 Å². The summed E-state index contributed by atoms with van der Waals surface area (Å²) in [6.45, 7) is 0. The molecule has 0 unspecified atom stereocenters. The van der Waals surface area contributed by atoms with Gasteiger partial charge in [-0.3, -0.25) is 0 Å². The summed E-state index contributed by atoms with van der Waals surface area (Å²) < 4.78 is 8.52. The van der Waals surface area contributed by atoms with Crippen molar-refractivity contribution in [1.29, 1.82) is 0 Å². The van der Waals surface area contributed by atoms with Crippen molar-refractivity contribution in [2.45, 2.75) is 18.4 Å². The molecule has 0 saturated heterocycles. The fraction of sp³-hybridized carbons (Fsp3) is 0.429. The largest absolute Gasteiger partial charge is 2.00 e. The second kappa shape index (κ2) is 13.7. The van der Waals surface area contributed by atoms with Gasteiger partial charge in [-0.05, 0) is 6.16 Å². The Morgan fingerprint density at radius 1 is 0.864 bits per heavy atom. The molecule has 0 aliphatic heterocycles. The van der Waals surface area contributed by atoms with Crippen LogP contribution in [0.25, 0.3) is 0 Å². The molecule has 13 nitrogen and oxygen atoms in total. The quantitative estimate of drug-likeness (QED) is 0.434. The van der Waals surface area contributed by atoms with Crippen LogP contribution in [0.2, 0.25) is 0 Å². The van der Waals surface area contributed by atoms with Crippen LogP contribution in [0.5, 0.6) is 0 Å². The van der Waals surface area contributed by atoms with Gasteiger partial charge in [0.1, 0.15) is 5.60 Å². The van der Waals surface area contributed by atoms with Gasteiger partial charge in [0.05, 0.1) is 5.97 Å². The number of carbonyl (C=O) groups excluding carboxylic acids is 4. The predicted octanol–water partition coefficient (Wildman–Crippen LogP) is -10.6. The van der Waals surface area contributed by atoms with Crippen LogP contribution in [0.1, 0.15) is 12.8 Å². The molecule has 0 bridgehead atoms. The molecule has 0 heterocycles. The molecule has 0 spiro atoms. The normalized spacial score (nSPS) is 8.59. The van der Waals surface area contributed by atoms with Gasteiger partial charge in [-0.15, -0.1) is 0 Å². The Bertz CT molecular complexity index is 371. The first-order chi connectivity index (χ1) is 9.24. The van der Waals surface area contributed by atoms with Gasteiger partial charge in [-0.2, -0.15) is 0 Å². The van der Waals surface area contributed by atoms with Crippen molar-refractivity contribution < 1.29 is 80.9 Å². The molecule has 0 aliphatic carbocycles. The molecule has 0 amide bonds. The van der Waals surface area contributed by atoms with Crippen molar-refractivity contribution in [2.75, 3.05) is 0 Å². The second-order valence-electron chi connectivity index (χ2n) is 2.92. The Labute approximate surface area is 133 Å². The van der Waals surface area contributed by atoms with Gasteiger partial charge in [-0.1, -0.05) is 0 Å². The van der Waals surface area contributed by atoms with Gasteiger partial charge in [0.15, 0.2) is 0 Å². The summed E-state index contributed by atoms with van der Waals surface area (Å²) in [6.07, 6.45) is -5.05. The van der Waals surface area contributed by atoms with E-state index in [0.717, 1.165) is 0 Å². The Morgan fingerprint density at radius 2 is 1.05 bits per heavy atom. The molecule has 128 valence electrons. The molecule has 0 rings (SSSR count). The Kier molecular flexibility index (Phi) is 17.5. The van der Waals surface area contributed by atoms with E-state index >= 15 is 0 Å². The minimum atomic E-state index is -3.63. The molecule has 0 aromatic heterocycles. The molecule has 22 heavy (non-hydrogen) atoms. The van der Waals surface area contributed by atoms with Crippen LogP contribution in [0.15, 0.2) is 0 Å². The third-order valence-electron chi connectivity index (χ3n) is 1.25. The van der Waals surface area contributed by atoms with Crippen molar-refractivity contribution in [1.82, 2.24) is 0 Å². The number of carbonyl (C=O) groups is 4. The number of aliphatic hydroxyl groups is 1. The third-order valence-corrected chi connectivity index (χ3v) is 1.25. The molecular weight excluding hydrogens is 376 g/mol. The molecule has 1 N–H and O–H groups in total. The standard InChI is InChI=1S/C6H8O7.CH2O3.Fe.O3Si/c7-3(8)1-6(13,5(11)12)2-4(9)10;2-1(3)4;;1-4(2)3/h13H,1-2H2,(H,7,8)(H,9,10)(H,11,12);(H2,2,3,4);;/q;;+2;-2/p-5. The maximum atomic E-state index is 10.1. The number of carboxylic acids is 3. The monoisotopic (exact) mass is 381 g/mol. The van der Waals surface area contributed by atoms with Gasteiger partial charge >= 0.3 is 17.1 Å². The maximum absolute atomic E-state index is 10.1. The molecule has 0 radical (unpaired) electrons. The Morgan fingerprint density at radius 3 is 1.14 bits per heavy atom. The van der Waals surface area contributed by atoms with E-state index in [0.29, 0.717) is 0 Å². The van der Waals surface area contributed by atoms with E-state index in [4.69, 9.17) is 34.2 Å². The van der Waals surface area contributed by atoms with E-state index in [1.807, 2.05) is 0 Å². The van der Waals surface area contributed by atoms with Gasteiger partial charge < -0.3 is 63.9 Å². The van der Waals surface area contributed by atoms with Crippen molar-refractivity contribution in [3.8, 4) is 0 Å². The first-order valence-corrected chi connectivity index (χ1v) is 5.56. The number of aliphatic carboxylic acids is 3. The zero-order valence-corrected chi connectivity index (χ0v) is 12.2. The first-order valence-electron chi connectivity index (χ1n) is 4.34. The molecule has 0 atom stereocenters. The van der Waals surface area contributed by atoms with E-state index in [2.05, 4.69) is 0 Å². The summed E-state index contributed by atoms with van der Waals surface area (Å²) >= 11 is 0. The summed E-state index contributed by atoms with van der Waals surface area (Å²) in [7, 11) is -3.63. The number of rotatable bonds is 5. The second-order valence-corrected chi connectivity index (χ2v) is 3.42. The molecule has 0 fully saturated rings. The van der Waals surface area contributed by atoms with Crippen molar-refractivity contribution in [3.63, 3.8) is 0 Å². The zero-order chi connectivity index (χ0) is 17.8. The van der Waals surface area contributed by atoms with Crippen LogP contribution in [-0.2, 0) is 35.9 Å².